The molecule has 0 N–H and O–H groups in total. The van der Waals surface area contributed by atoms with Gasteiger partial charge in [-0.1, -0.05) is 42.8 Å². The second-order valence-electron chi connectivity index (χ2n) is 4.86. The highest BCUT2D eigenvalue weighted by molar-refractivity contribution is 5.98. The molecular formula is C14H14O2. The van der Waals surface area contributed by atoms with E-state index in [4.69, 9.17) is 4.74 Å². The van der Waals surface area contributed by atoms with Crippen molar-refractivity contribution in [3.05, 3.63) is 41.5 Å². The van der Waals surface area contributed by atoms with Crippen molar-refractivity contribution in [2.45, 2.75) is 13.8 Å². The number of hydrogen-bond acceptors (Lipinski definition) is 2. The Balaban J connectivity index is 2.11. The number of fused-ring (bicyclic) bond motifs is 1. The number of ether oxygens (including phenoxy) is 1. The lowest BCUT2D eigenvalue weighted by molar-refractivity contribution is -0.139. The molecule has 2 aliphatic rings. The SMILES string of the molecule is CC1=C(c2ccccc2)C2C(=O)OC[C@@]12C. The van der Waals surface area contributed by atoms with E-state index in [9.17, 15) is 4.79 Å². The zero-order chi connectivity index (χ0) is 11.3. The molecule has 2 atom stereocenters. The summed E-state index contributed by atoms with van der Waals surface area (Å²) in [6.45, 7) is 4.77. The third kappa shape index (κ3) is 0.993. The van der Waals surface area contributed by atoms with Crippen molar-refractivity contribution in [2.24, 2.45) is 11.3 Å². The van der Waals surface area contributed by atoms with Crippen LogP contribution in [0, 0.1) is 11.3 Å². The first-order valence-corrected chi connectivity index (χ1v) is 5.58. The minimum absolute atomic E-state index is 0.0464. The fourth-order valence-corrected chi connectivity index (χ4v) is 2.86. The highest BCUT2D eigenvalue weighted by Gasteiger charge is 2.58. The standard InChI is InChI=1S/C14H14O2/c1-9-11(10-6-4-3-5-7-10)12-13(15)16-8-14(9,12)2/h3-7,12H,8H2,1-2H3/t12?,14-/m0/s1. The normalized spacial score (nSPS) is 32.1. The molecule has 1 fully saturated rings. The molecular weight excluding hydrogens is 200 g/mol. The summed E-state index contributed by atoms with van der Waals surface area (Å²) in [5, 5.41) is 0. The fourth-order valence-electron chi connectivity index (χ4n) is 2.86. The van der Waals surface area contributed by atoms with Crippen molar-refractivity contribution in [1.82, 2.24) is 0 Å². The summed E-state index contributed by atoms with van der Waals surface area (Å²) < 4.78 is 5.18. The molecule has 1 heterocycles. The lowest BCUT2D eigenvalue weighted by atomic mass is 9.57. The molecule has 1 aliphatic heterocycles. The van der Waals surface area contributed by atoms with Crippen molar-refractivity contribution in [3.63, 3.8) is 0 Å². The predicted octanol–water partition coefficient (Wildman–Crippen LogP) is 2.65. The zero-order valence-corrected chi connectivity index (χ0v) is 9.49. The van der Waals surface area contributed by atoms with Crippen molar-refractivity contribution >= 4 is 11.5 Å². The van der Waals surface area contributed by atoms with E-state index in [2.05, 4.69) is 26.0 Å². The number of benzene rings is 1. The van der Waals surface area contributed by atoms with Crippen LogP contribution in [0.3, 0.4) is 0 Å². The molecule has 0 saturated carbocycles. The Hall–Kier alpha value is -1.57. The highest BCUT2D eigenvalue weighted by Crippen LogP contribution is 2.58. The average Bonchev–Trinajstić information content (AvgIpc) is 2.56. The molecule has 1 aromatic carbocycles. The second kappa shape index (κ2) is 2.97. The van der Waals surface area contributed by atoms with Gasteiger partial charge in [-0.05, 0) is 18.1 Å². The average molecular weight is 214 g/mol. The van der Waals surface area contributed by atoms with Gasteiger partial charge >= 0.3 is 5.97 Å². The molecule has 0 amide bonds. The van der Waals surface area contributed by atoms with E-state index in [0.717, 1.165) is 5.56 Å². The Morgan fingerprint density at radius 2 is 2.00 bits per heavy atom. The van der Waals surface area contributed by atoms with Crippen LogP contribution in [-0.4, -0.2) is 12.6 Å². The molecule has 0 spiro atoms. The highest BCUT2D eigenvalue weighted by atomic mass is 16.5. The molecule has 0 bridgehead atoms. The van der Waals surface area contributed by atoms with Gasteiger partial charge in [0.15, 0.2) is 0 Å². The largest absolute Gasteiger partial charge is 0.464 e. The Kier molecular flexibility index (Phi) is 1.79. The van der Waals surface area contributed by atoms with Crippen LogP contribution < -0.4 is 0 Å². The summed E-state index contributed by atoms with van der Waals surface area (Å²) in [4.78, 5) is 11.7. The van der Waals surface area contributed by atoms with E-state index in [0.29, 0.717) is 6.61 Å². The van der Waals surface area contributed by atoms with Crippen LogP contribution in [0.2, 0.25) is 0 Å². The van der Waals surface area contributed by atoms with Gasteiger partial charge in [-0.2, -0.15) is 0 Å². The number of cyclic esters (lactones) is 1. The van der Waals surface area contributed by atoms with Gasteiger partial charge in [0.25, 0.3) is 0 Å². The van der Waals surface area contributed by atoms with E-state index in [1.165, 1.54) is 11.1 Å². The summed E-state index contributed by atoms with van der Waals surface area (Å²) in [5.74, 6) is -0.109. The molecule has 0 aromatic heterocycles. The minimum atomic E-state index is -0.0630. The fraction of sp³-hybridized carbons (Fsp3) is 0.357. The minimum Gasteiger partial charge on any atom is -0.464 e. The topological polar surface area (TPSA) is 26.3 Å². The van der Waals surface area contributed by atoms with Gasteiger partial charge in [0.1, 0.15) is 6.61 Å². The zero-order valence-electron chi connectivity index (χ0n) is 9.49. The van der Waals surface area contributed by atoms with Crippen molar-refractivity contribution < 1.29 is 9.53 Å². The first kappa shape index (κ1) is 9.64. The number of rotatable bonds is 1. The first-order chi connectivity index (χ1) is 7.64. The third-order valence-electron chi connectivity index (χ3n) is 4.02. The Bertz CT molecular complexity index is 487. The quantitative estimate of drug-likeness (QED) is 0.672. The molecule has 2 nitrogen and oxygen atoms in total. The van der Waals surface area contributed by atoms with Gasteiger partial charge < -0.3 is 4.74 Å². The molecule has 1 saturated heterocycles. The van der Waals surface area contributed by atoms with Gasteiger partial charge in [0.2, 0.25) is 0 Å². The number of carbonyl (C=O) groups excluding carboxylic acids is 1. The molecule has 82 valence electrons. The third-order valence-corrected chi connectivity index (χ3v) is 4.02. The predicted molar refractivity (Wildman–Crippen MR) is 61.6 cm³/mol. The molecule has 2 heteroatoms. The molecule has 1 aromatic rings. The summed E-state index contributed by atoms with van der Waals surface area (Å²) in [7, 11) is 0. The molecule has 0 radical (unpaired) electrons. The van der Waals surface area contributed by atoms with Crippen molar-refractivity contribution in [1.29, 1.82) is 0 Å². The number of hydrogen-bond donors (Lipinski definition) is 0. The van der Waals surface area contributed by atoms with Crippen LogP contribution in [0.4, 0.5) is 0 Å². The second-order valence-corrected chi connectivity index (χ2v) is 4.86. The van der Waals surface area contributed by atoms with Crippen LogP contribution in [-0.2, 0) is 9.53 Å². The van der Waals surface area contributed by atoms with Gasteiger partial charge in [-0.25, -0.2) is 0 Å². The van der Waals surface area contributed by atoms with Gasteiger partial charge in [0.05, 0.1) is 5.92 Å². The van der Waals surface area contributed by atoms with Gasteiger partial charge in [-0.15, -0.1) is 0 Å². The van der Waals surface area contributed by atoms with E-state index < -0.39 is 0 Å². The Morgan fingerprint density at radius 3 is 2.69 bits per heavy atom. The van der Waals surface area contributed by atoms with Crippen molar-refractivity contribution in [3.8, 4) is 0 Å². The van der Waals surface area contributed by atoms with Crippen molar-refractivity contribution in [2.75, 3.05) is 6.61 Å². The molecule has 1 unspecified atom stereocenters. The maximum absolute atomic E-state index is 11.7. The smallest absolute Gasteiger partial charge is 0.314 e. The molecule has 3 rings (SSSR count). The summed E-state index contributed by atoms with van der Waals surface area (Å²) >= 11 is 0. The monoisotopic (exact) mass is 214 g/mol. The summed E-state index contributed by atoms with van der Waals surface area (Å²) in [5.41, 5.74) is 3.57. The van der Waals surface area contributed by atoms with E-state index in [1.54, 1.807) is 0 Å². The van der Waals surface area contributed by atoms with E-state index in [1.807, 2.05) is 18.2 Å². The van der Waals surface area contributed by atoms with Crippen LogP contribution in [0.5, 0.6) is 0 Å². The van der Waals surface area contributed by atoms with Crippen LogP contribution in [0.25, 0.3) is 5.57 Å². The first-order valence-electron chi connectivity index (χ1n) is 5.58. The van der Waals surface area contributed by atoms with E-state index in [-0.39, 0.29) is 17.3 Å². The lowest BCUT2D eigenvalue weighted by Crippen LogP contribution is -2.39. The lowest BCUT2D eigenvalue weighted by Gasteiger charge is -2.42. The summed E-state index contributed by atoms with van der Waals surface area (Å²) in [6, 6.07) is 10.1. The van der Waals surface area contributed by atoms with Gasteiger partial charge in [-0.3, -0.25) is 4.79 Å². The number of carbonyl (C=O) groups is 1. The Morgan fingerprint density at radius 1 is 1.31 bits per heavy atom. The van der Waals surface area contributed by atoms with Crippen LogP contribution in [0.15, 0.2) is 35.9 Å². The maximum atomic E-state index is 11.7. The Labute approximate surface area is 94.9 Å². The maximum Gasteiger partial charge on any atom is 0.314 e. The van der Waals surface area contributed by atoms with E-state index >= 15 is 0 Å². The van der Waals surface area contributed by atoms with Crippen LogP contribution >= 0.6 is 0 Å². The van der Waals surface area contributed by atoms with Gasteiger partial charge in [0, 0.05) is 5.41 Å². The number of esters is 1. The molecule has 1 aliphatic carbocycles. The molecule has 16 heavy (non-hydrogen) atoms. The van der Waals surface area contributed by atoms with Crippen LogP contribution in [0.1, 0.15) is 19.4 Å². The summed E-state index contributed by atoms with van der Waals surface area (Å²) in [6.07, 6.45) is 0.